The van der Waals surface area contributed by atoms with Crippen LogP contribution < -0.4 is 0 Å². The number of ketones is 1. The third-order valence-electron chi connectivity index (χ3n) is 2.21. The fourth-order valence-corrected chi connectivity index (χ4v) is 1.35. The third kappa shape index (κ3) is 2.09. The van der Waals surface area contributed by atoms with Gasteiger partial charge in [-0.3, -0.25) is 14.6 Å². The summed E-state index contributed by atoms with van der Waals surface area (Å²) >= 11 is 0. The van der Waals surface area contributed by atoms with E-state index in [1.807, 2.05) is 13.1 Å². The van der Waals surface area contributed by atoms with Crippen LogP contribution in [0.5, 0.6) is 0 Å². The molecule has 6 nitrogen and oxygen atoms in total. The van der Waals surface area contributed by atoms with Crippen molar-refractivity contribution in [1.29, 1.82) is 0 Å². The number of aromatic amines is 1. The van der Waals surface area contributed by atoms with Gasteiger partial charge in [0, 0.05) is 25.4 Å². The highest BCUT2D eigenvalue weighted by atomic mass is 16.1. The van der Waals surface area contributed by atoms with Crippen molar-refractivity contribution < 1.29 is 4.79 Å². The van der Waals surface area contributed by atoms with Gasteiger partial charge in [0.1, 0.15) is 6.33 Å². The summed E-state index contributed by atoms with van der Waals surface area (Å²) in [6.45, 7) is 0. The molecule has 15 heavy (non-hydrogen) atoms. The summed E-state index contributed by atoms with van der Waals surface area (Å²) in [5, 5.41) is 10.2. The number of Topliss-reactive ketones (excluding diaryl/α,β-unsaturated/α-hetero) is 1. The largest absolute Gasteiger partial charge is 0.291 e. The van der Waals surface area contributed by atoms with Gasteiger partial charge in [-0.05, 0) is 12.5 Å². The van der Waals surface area contributed by atoms with Crippen LogP contribution in [0.4, 0.5) is 0 Å². The highest BCUT2D eigenvalue weighted by Crippen LogP contribution is 2.03. The summed E-state index contributed by atoms with van der Waals surface area (Å²) < 4.78 is 1.76. The number of carbonyl (C=O) groups is 1. The first kappa shape index (κ1) is 9.57. The first-order chi connectivity index (χ1) is 7.27. The van der Waals surface area contributed by atoms with E-state index in [2.05, 4.69) is 20.3 Å². The second-order valence-electron chi connectivity index (χ2n) is 3.20. The predicted octanol–water partition coefficient (Wildman–Crippen LogP) is 0.354. The van der Waals surface area contributed by atoms with Gasteiger partial charge >= 0.3 is 0 Å². The summed E-state index contributed by atoms with van der Waals surface area (Å²) in [5.74, 6) is 0.283. The zero-order valence-corrected chi connectivity index (χ0v) is 8.34. The minimum absolute atomic E-state index is 0.0336. The quantitative estimate of drug-likeness (QED) is 0.731. The maximum absolute atomic E-state index is 11.5. The molecule has 2 heterocycles. The van der Waals surface area contributed by atoms with Crippen LogP contribution in [-0.4, -0.2) is 30.7 Å². The molecule has 1 N–H and O–H groups in total. The number of hydrogen-bond donors (Lipinski definition) is 1. The fraction of sp³-hybridized carbons (Fsp3) is 0.333. The number of hydrogen-bond acceptors (Lipinski definition) is 4. The molecule has 2 aromatic rings. The van der Waals surface area contributed by atoms with Gasteiger partial charge in [0.05, 0.1) is 0 Å². The van der Waals surface area contributed by atoms with Gasteiger partial charge < -0.3 is 0 Å². The molecule has 0 aromatic carbocycles. The Hall–Kier alpha value is -1.98. The minimum atomic E-state index is -0.0336. The molecule has 2 aromatic heterocycles. The summed E-state index contributed by atoms with van der Waals surface area (Å²) in [7, 11) is 1.86. The number of carbonyl (C=O) groups excluding carboxylic acids is 1. The van der Waals surface area contributed by atoms with Crippen molar-refractivity contribution in [2.24, 2.45) is 7.05 Å². The number of aryl methyl sites for hydroxylation is 2. The first-order valence-corrected chi connectivity index (χ1v) is 4.63. The number of H-pyrrole nitrogens is 1. The van der Waals surface area contributed by atoms with E-state index >= 15 is 0 Å². The van der Waals surface area contributed by atoms with E-state index in [0.717, 1.165) is 5.69 Å². The molecule has 0 unspecified atom stereocenters. The average Bonchev–Trinajstić information content (AvgIpc) is 2.85. The van der Waals surface area contributed by atoms with Crippen molar-refractivity contribution in [2.45, 2.75) is 12.8 Å². The van der Waals surface area contributed by atoms with Gasteiger partial charge in [0.2, 0.25) is 0 Å². The Balaban J connectivity index is 1.95. The Labute approximate surface area is 86.3 Å². The second-order valence-corrected chi connectivity index (χ2v) is 3.20. The molecule has 0 saturated heterocycles. The van der Waals surface area contributed by atoms with E-state index in [9.17, 15) is 4.79 Å². The molecule has 0 saturated carbocycles. The molecule has 0 fully saturated rings. The highest BCUT2D eigenvalue weighted by Gasteiger charge is 2.09. The maximum atomic E-state index is 11.5. The van der Waals surface area contributed by atoms with Gasteiger partial charge in [-0.2, -0.15) is 10.2 Å². The van der Waals surface area contributed by atoms with Crippen molar-refractivity contribution >= 4 is 5.78 Å². The van der Waals surface area contributed by atoms with E-state index < -0.39 is 0 Å². The lowest BCUT2D eigenvalue weighted by Crippen LogP contribution is -2.06. The van der Waals surface area contributed by atoms with Gasteiger partial charge in [-0.15, -0.1) is 0 Å². The van der Waals surface area contributed by atoms with E-state index in [4.69, 9.17) is 0 Å². The van der Waals surface area contributed by atoms with Gasteiger partial charge in [-0.25, -0.2) is 4.98 Å². The zero-order chi connectivity index (χ0) is 10.7. The summed E-state index contributed by atoms with van der Waals surface area (Å²) in [6.07, 6.45) is 4.12. The number of aromatic nitrogens is 5. The molecule has 0 bridgehead atoms. The van der Waals surface area contributed by atoms with Crippen molar-refractivity contribution in [2.75, 3.05) is 0 Å². The van der Waals surface area contributed by atoms with Gasteiger partial charge in [0.15, 0.2) is 11.6 Å². The minimum Gasteiger partial charge on any atom is -0.291 e. The summed E-state index contributed by atoms with van der Waals surface area (Å²) in [6, 6.07) is 1.90. The van der Waals surface area contributed by atoms with Crippen LogP contribution in [0.1, 0.15) is 22.7 Å². The van der Waals surface area contributed by atoms with Crippen LogP contribution in [0.25, 0.3) is 0 Å². The predicted molar refractivity (Wildman–Crippen MR) is 52.2 cm³/mol. The van der Waals surface area contributed by atoms with Gasteiger partial charge in [-0.1, -0.05) is 0 Å². The van der Waals surface area contributed by atoms with Crippen LogP contribution in [-0.2, 0) is 13.5 Å². The SMILES string of the molecule is Cn1nccc1CCC(=O)c1ncn[nH]1. The lowest BCUT2D eigenvalue weighted by molar-refractivity contribution is 0.0972. The van der Waals surface area contributed by atoms with Crippen LogP contribution in [0.3, 0.4) is 0 Å². The highest BCUT2D eigenvalue weighted by molar-refractivity contribution is 5.92. The monoisotopic (exact) mass is 205 g/mol. The Morgan fingerprint density at radius 3 is 3.07 bits per heavy atom. The van der Waals surface area contributed by atoms with Crippen LogP contribution >= 0.6 is 0 Å². The first-order valence-electron chi connectivity index (χ1n) is 4.63. The molecule has 0 aliphatic heterocycles. The summed E-state index contributed by atoms with van der Waals surface area (Å²) in [5.41, 5.74) is 1.03. The number of rotatable bonds is 4. The lowest BCUT2D eigenvalue weighted by atomic mass is 10.1. The summed E-state index contributed by atoms with van der Waals surface area (Å²) in [4.78, 5) is 15.3. The van der Waals surface area contributed by atoms with Crippen LogP contribution in [0.2, 0.25) is 0 Å². The number of nitrogens with one attached hydrogen (secondary N) is 1. The van der Waals surface area contributed by atoms with Gasteiger partial charge in [0.25, 0.3) is 0 Å². The molecule has 2 rings (SSSR count). The molecular formula is C9H11N5O. The van der Waals surface area contributed by atoms with Crippen molar-refractivity contribution in [3.8, 4) is 0 Å². The molecule has 0 atom stereocenters. The van der Waals surface area contributed by atoms with E-state index in [0.29, 0.717) is 18.7 Å². The molecule has 0 radical (unpaired) electrons. The molecule has 78 valence electrons. The smallest absolute Gasteiger partial charge is 0.199 e. The topological polar surface area (TPSA) is 76.5 Å². The lowest BCUT2D eigenvalue weighted by Gasteiger charge is -1.99. The third-order valence-corrected chi connectivity index (χ3v) is 2.21. The van der Waals surface area contributed by atoms with Crippen molar-refractivity contribution in [3.63, 3.8) is 0 Å². The second kappa shape index (κ2) is 4.04. The maximum Gasteiger partial charge on any atom is 0.199 e. The van der Waals surface area contributed by atoms with E-state index in [1.165, 1.54) is 6.33 Å². The molecule has 0 amide bonds. The van der Waals surface area contributed by atoms with Crippen LogP contribution in [0.15, 0.2) is 18.6 Å². The molecule has 0 aliphatic carbocycles. The average molecular weight is 205 g/mol. The Kier molecular flexibility index (Phi) is 2.57. The van der Waals surface area contributed by atoms with Crippen molar-refractivity contribution in [3.05, 3.63) is 30.1 Å². The van der Waals surface area contributed by atoms with Crippen LogP contribution in [0, 0.1) is 0 Å². The molecule has 6 heteroatoms. The Bertz CT molecular complexity index is 445. The van der Waals surface area contributed by atoms with Crippen molar-refractivity contribution in [1.82, 2.24) is 25.0 Å². The zero-order valence-electron chi connectivity index (χ0n) is 8.34. The standard InChI is InChI=1S/C9H11N5O/c1-14-7(4-5-12-14)2-3-8(15)9-10-6-11-13-9/h4-6H,2-3H2,1H3,(H,10,11,13). The Morgan fingerprint density at radius 2 is 2.47 bits per heavy atom. The molecule has 0 spiro atoms. The normalized spacial score (nSPS) is 10.5. The van der Waals surface area contributed by atoms with E-state index in [-0.39, 0.29) is 5.78 Å². The fourth-order valence-electron chi connectivity index (χ4n) is 1.35. The number of nitrogens with zero attached hydrogens (tertiary/aromatic N) is 4. The Morgan fingerprint density at radius 1 is 1.60 bits per heavy atom. The molecule has 0 aliphatic rings. The van der Waals surface area contributed by atoms with E-state index in [1.54, 1.807) is 10.9 Å². The molecular weight excluding hydrogens is 194 g/mol.